The summed E-state index contributed by atoms with van der Waals surface area (Å²) in [5.74, 6) is 0.879. The van der Waals surface area contributed by atoms with Crippen LogP contribution in [0.3, 0.4) is 0 Å². The van der Waals surface area contributed by atoms with E-state index >= 15 is 0 Å². The van der Waals surface area contributed by atoms with Crippen molar-refractivity contribution in [2.24, 2.45) is 5.92 Å². The minimum absolute atomic E-state index is 0.879. The van der Waals surface area contributed by atoms with E-state index in [1.54, 1.807) is 0 Å². The average Bonchev–Trinajstić information content (AvgIpc) is 3.07. The van der Waals surface area contributed by atoms with Crippen LogP contribution in [0.5, 0.6) is 0 Å². The Labute approximate surface area is 175 Å². The van der Waals surface area contributed by atoms with E-state index in [2.05, 4.69) is 73.9 Å². The molecule has 0 radical (unpaired) electrons. The molecular formula is C24H34N2OS. The number of allylic oxidation sites excluding steroid dienone is 2. The van der Waals surface area contributed by atoms with Gasteiger partial charge in [0.05, 0.1) is 5.03 Å². The smallest absolute Gasteiger partial charge is 0.0766 e. The van der Waals surface area contributed by atoms with E-state index in [0.29, 0.717) is 0 Å². The molecule has 3 rings (SSSR count). The highest BCUT2D eigenvalue weighted by molar-refractivity contribution is 8.06. The Balaban J connectivity index is 1.58. The molecular weight excluding hydrogens is 364 g/mol. The Kier molecular flexibility index (Phi) is 7.69. The Morgan fingerprint density at radius 1 is 1.29 bits per heavy atom. The first-order chi connectivity index (χ1) is 13.6. The Morgan fingerprint density at radius 3 is 2.79 bits per heavy atom. The number of benzene rings is 1. The molecule has 152 valence electrons. The second-order valence-electron chi connectivity index (χ2n) is 7.88. The van der Waals surface area contributed by atoms with Crippen molar-refractivity contribution in [3.8, 4) is 0 Å². The largest absolute Gasteiger partial charge is 0.381 e. The molecule has 0 saturated carbocycles. The third-order valence-electron chi connectivity index (χ3n) is 5.61. The number of anilines is 1. The van der Waals surface area contributed by atoms with Crippen molar-refractivity contribution in [2.45, 2.75) is 45.4 Å². The molecule has 0 N–H and O–H groups in total. The van der Waals surface area contributed by atoms with Gasteiger partial charge in [-0.05, 0) is 50.7 Å². The second-order valence-corrected chi connectivity index (χ2v) is 9.08. The van der Waals surface area contributed by atoms with Crippen LogP contribution in [0.15, 0.2) is 53.1 Å². The lowest BCUT2D eigenvalue weighted by atomic mass is 9.94. The molecule has 0 atom stereocenters. The van der Waals surface area contributed by atoms with Gasteiger partial charge in [0.2, 0.25) is 0 Å². The predicted molar refractivity (Wildman–Crippen MR) is 123 cm³/mol. The Bertz CT molecular complexity index is 732. The molecule has 1 fully saturated rings. The first kappa shape index (κ1) is 21.1. The molecule has 28 heavy (non-hydrogen) atoms. The number of unbranched alkanes of at least 4 members (excludes halogenated alkanes) is 1. The van der Waals surface area contributed by atoms with E-state index in [4.69, 9.17) is 4.74 Å². The lowest BCUT2D eigenvalue weighted by molar-refractivity contribution is 0.0632. The molecule has 4 heteroatoms. The van der Waals surface area contributed by atoms with Crippen LogP contribution in [0.4, 0.5) is 5.69 Å². The molecule has 1 aromatic rings. The zero-order valence-electron chi connectivity index (χ0n) is 17.6. The van der Waals surface area contributed by atoms with E-state index in [0.717, 1.165) is 30.6 Å². The fraction of sp³-hybridized carbons (Fsp3) is 0.500. The number of rotatable bonds is 8. The molecule has 0 aromatic heterocycles. The average molecular weight is 399 g/mol. The van der Waals surface area contributed by atoms with Crippen molar-refractivity contribution in [1.82, 2.24) is 4.90 Å². The normalized spacial score (nSPS) is 18.5. The van der Waals surface area contributed by atoms with Crippen molar-refractivity contribution in [2.75, 3.05) is 32.2 Å². The van der Waals surface area contributed by atoms with Gasteiger partial charge in [-0.15, -0.1) is 0 Å². The van der Waals surface area contributed by atoms with E-state index in [-0.39, 0.29) is 0 Å². The molecule has 2 aliphatic heterocycles. The summed E-state index contributed by atoms with van der Waals surface area (Å²) in [7, 11) is 4.16. The van der Waals surface area contributed by atoms with Gasteiger partial charge in [0.25, 0.3) is 0 Å². The van der Waals surface area contributed by atoms with Gasteiger partial charge in [-0.2, -0.15) is 0 Å². The monoisotopic (exact) mass is 398 g/mol. The fourth-order valence-corrected chi connectivity index (χ4v) is 4.87. The van der Waals surface area contributed by atoms with E-state index in [9.17, 15) is 0 Å². The Morgan fingerprint density at radius 2 is 2.07 bits per heavy atom. The van der Waals surface area contributed by atoms with Crippen LogP contribution < -0.4 is 4.90 Å². The molecule has 0 unspecified atom stereocenters. The highest BCUT2D eigenvalue weighted by atomic mass is 32.2. The van der Waals surface area contributed by atoms with Crippen molar-refractivity contribution in [1.29, 1.82) is 0 Å². The minimum Gasteiger partial charge on any atom is -0.381 e. The summed E-state index contributed by atoms with van der Waals surface area (Å²) in [6.07, 6.45) is 12.1. The first-order valence-corrected chi connectivity index (χ1v) is 11.3. The lowest BCUT2D eigenvalue weighted by Crippen LogP contribution is -2.15. The summed E-state index contributed by atoms with van der Waals surface area (Å²) in [6.45, 7) is 8.34. The number of thioether (sulfide) groups is 1. The van der Waals surface area contributed by atoms with Gasteiger partial charge < -0.3 is 14.5 Å². The van der Waals surface area contributed by atoms with Crippen molar-refractivity contribution < 1.29 is 4.74 Å². The van der Waals surface area contributed by atoms with Crippen LogP contribution in [0.1, 0.15) is 51.0 Å². The fourth-order valence-electron chi connectivity index (χ4n) is 3.92. The molecule has 2 heterocycles. The highest BCUT2D eigenvalue weighted by Crippen LogP contribution is 2.42. The van der Waals surface area contributed by atoms with Gasteiger partial charge in [-0.1, -0.05) is 49.4 Å². The standard InChI is InChI=1S/C24H34N2OS/c1-5-24(21-10-8-11-22(17-21)25(3)4)26-18-23(28-19(26)2)12-7-6-9-20-13-15-27-16-14-20/h5,8,10-11,17-18,20H,2,6-7,9,12-16H2,1,3-4H3. The maximum atomic E-state index is 5.47. The third kappa shape index (κ3) is 5.45. The van der Waals surface area contributed by atoms with Gasteiger partial charge in [0.15, 0.2) is 0 Å². The van der Waals surface area contributed by atoms with Crippen LogP contribution >= 0.6 is 11.8 Å². The van der Waals surface area contributed by atoms with Crippen LogP contribution in [0, 0.1) is 5.92 Å². The molecule has 0 spiro atoms. The van der Waals surface area contributed by atoms with Gasteiger partial charge in [-0.3, -0.25) is 0 Å². The number of ether oxygens (including phenoxy) is 1. The SMILES string of the molecule is C=C1SC(CCCCC2CCOCC2)=CN1C(=CC)c1cccc(N(C)C)c1. The minimum atomic E-state index is 0.879. The van der Waals surface area contributed by atoms with Crippen LogP contribution in [0.2, 0.25) is 0 Å². The zero-order valence-corrected chi connectivity index (χ0v) is 18.4. The van der Waals surface area contributed by atoms with Crippen molar-refractivity contribution >= 4 is 23.1 Å². The summed E-state index contributed by atoms with van der Waals surface area (Å²) >= 11 is 1.83. The summed E-state index contributed by atoms with van der Waals surface area (Å²) in [4.78, 5) is 5.83. The van der Waals surface area contributed by atoms with Crippen LogP contribution in [0.25, 0.3) is 5.70 Å². The van der Waals surface area contributed by atoms with Gasteiger partial charge in [0, 0.05) is 55.4 Å². The third-order valence-corrected chi connectivity index (χ3v) is 6.61. The quantitative estimate of drug-likeness (QED) is 0.467. The van der Waals surface area contributed by atoms with Crippen molar-refractivity contribution in [3.63, 3.8) is 0 Å². The van der Waals surface area contributed by atoms with E-state index < -0.39 is 0 Å². The molecule has 2 aliphatic rings. The maximum absolute atomic E-state index is 5.47. The number of nitrogens with zero attached hydrogens (tertiary/aromatic N) is 2. The zero-order chi connectivity index (χ0) is 19.9. The van der Waals surface area contributed by atoms with E-state index in [1.165, 1.54) is 54.0 Å². The van der Waals surface area contributed by atoms with E-state index in [1.807, 2.05) is 11.8 Å². The molecule has 1 saturated heterocycles. The maximum Gasteiger partial charge on any atom is 0.0766 e. The van der Waals surface area contributed by atoms with Crippen LogP contribution in [-0.2, 0) is 4.74 Å². The van der Waals surface area contributed by atoms with Crippen molar-refractivity contribution in [3.05, 3.63) is 58.6 Å². The van der Waals surface area contributed by atoms with Gasteiger partial charge in [0.1, 0.15) is 0 Å². The molecule has 3 nitrogen and oxygen atoms in total. The highest BCUT2D eigenvalue weighted by Gasteiger charge is 2.22. The van der Waals surface area contributed by atoms with Gasteiger partial charge >= 0.3 is 0 Å². The topological polar surface area (TPSA) is 15.7 Å². The molecule has 0 aliphatic carbocycles. The lowest BCUT2D eigenvalue weighted by Gasteiger charge is -2.22. The predicted octanol–water partition coefficient (Wildman–Crippen LogP) is 6.46. The molecule has 1 aromatic carbocycles. The molecule has 0 bridgehead atoms. The molecule has 0 amide bonds. The van der Waals surface area contributed by atoms with Gasteiger partial charge in [-0.25, -0.2) is 0 Å². The second kappa shape index (κ2) is 10.2. The summed E-state index contributed by atoms with van der Waals surface area (Å²) in [6, 6.07) is 8.69. The number of hydrogen-bond acceptors (Lipinski definition) is 4. The summed E-state index contributed by atoms with van der Waals surface area (Å²) < 4.78 is 5.47. The van der Waals surface area contributed by atoms with Crippen LogP contribution in [-0.4, -0.2) is 32.2 Å². The first-order valence-electron chi connectivity index (χ1n) is 10.5. The summed E-state index contributed by atoms with van der Waals surface area (Å²) in [5, 5.41) is 1.10. The summed E-state index contributed by atoms with van der Waals surface area (Å²) in [5.41, 5.74) is 3.65. The number of hydrogen-bond donors (Lipinski definition) is 0. The Hall–Kier alpha value is -1.65.